The molecule has 0 fully saturated rings. The molecule has 1 aromatic heterocycles. The van der Waals surface area contributed by atoms with Gasteiger partial charge >= 0.3 is 37.7 Å². The molecule has 0 aliphatic carbocycles. The van der Waals surface area contributed by atoms with Crippen molar-refractivity contribution in [1.29, 1.82) is 0 Å². The van der Waals surface area contributed by atoms with Gasteiger partial charge in [-0.25, -0.2) is 4.39 Å². The first-order valence-corrected chi connectivity index (χ1v) is 13.6. The number of aliphatic hydroxyl groups is 1. The third kappa shape index (κ3) is 8.30. The number of carboxylic acid groups (broad SMARTS) is 1. The summed E-state index contributed by atoms with van der Waals surface area (Å²) in [6.45, 7) is 4.13. The summed E-state index contributed by atoms with van der Waals surface area (Å²) in [5.74, 6) is -2.28. The molecular weight excluding hydrogens is 563 g/mol. The smallest absolute Gasteiger partial charge is 0.852 e. The number of hydrogen-bond acceptors (Lipinski definition) is 5. The van der Waals surface area contributed by atoms with Crippen LogP contribution in [-0.4, -0.2) is 71.5 Å². The van der Waals surface area contributed by atoms with Crippen LogP contribution >= 0.6 is 0 Å². The van der Waals surface area contributed by atoms with E-state index >= 15 is 0 Å². The van der Waals surface area contributed by atoms with Crippen LogP contribution < -0.4 is 15.5 Å². The zero-order valence-electron chi connectivity index (χ0n) is 23.8. The molecule has 4 rings (SSSR count). The van der Waals surface area contributed by atoms with Crippen molar-refractivity contribution in [2.45, 2.75) is 57.8 Å². The van der Waals surface area contributed by atoms with Crippen molar-refractivity contribution in [2.24, 2.45) is 0 Å². The molecule has 214 valence electrons. The summed E-state index contributed by atoms with van der Waals surface area (Å²) >= 11 is 0. The molecule has 2 N–H and O–H groups in total. The molecule has 1 heterocycles. The Labute approximate surface area is 275 Å². The van der Waals surface area contributed by atoms with Gasteiger partial charge in [-0.2, -0.15) is 0 Å². The van der Waals surface area contributed by atoms with Gasteiger partial charge < -0.3 is 30.0 Å². The molecule has 0 unspecified atom stereocenters. The normalized spacial score (nSPS) is 12.4. The molecule has 7 nitrogen and oxygen atoms in total. The summed E-state index contributed by atoms with van der Waals surface area (Å²) in [5, 5.41) is 36.7. The van der Waals surface area contributed by atoms with Crippen molar-refractivity contribution in [3.8, 4) is 22.4 Å². The Balaban J connectivity index is 0.00000484. The maximum atomic E-state index is 14.0. The van der Waals surface area contributed by atoms with Crippen LogP contribution in [0.15, 0.2) is 84.9 Å². The van der Waals surface area contributed by atoms with Crippen LogP contribution in [0.25, 0.3) is 22.4 Å². The number of nitrogens with zero attached hydrogens (tertiary/aromatic N) is 1. The Hall–Kier alpha value is -3.01. The van der Waals surface area contributed by atoms with Gasteiger partial charge in [0.2, 0.25) is 0 Å². The minimum atomic E-state index is -1.42. The molecule has 42 heavy (non-hydrogen) atoms. The zero-order chi connectivity index (χ0) is 29.5. The number of hydrogen-bond donors (Lipinski definition) is 2. The van der Waals surface area contributed by atoms with Crippen LogP contribution in [0.4, 0.5) is 10.1 Å². The topological polar surface area (TPSA) is 117 Å². The molecule has 1 amide bonds. The maximum Gasteiger partial charge on any atom is 2.00 e. The number of halogens is 1. The monoisotopic (exact) mass is 596 g/mol. The largest absolute Gasteiger partial charge is 2.00 e. The average Bonchev–Trinajstić information content (AvgIpc) is 3.28. The van der Waals surface area contributed by atoms with Crippen LogP contribution in [0.3, 0.4) is 0 Å². The Kier molecular flexibility index (Phi) is 12.3. The Morgan fingerprint density at radius 2 is 1.52 bits per heavy atom. The van der Waals surface area contributed by atoms with Crippen molar-refractivity contribution in [2.75, 3.05) is 5.32 Å². The molecule has 0 spiro atoms. The molecule has 9 heteroatoms. The number of aliphatic carboxylic acids is 1. The van der Waals surface area contributed by atoms with Crippen molar-refractivity contribution < 1.29 is 29.3 Å². The fourth-order valence-corrected chi connectivity index (χ4v) is 5.18. The van der Waals surface area contributed by atoms with Gasteiger partial charge in [-0.3, -0.25) is 4.79 Å². The van der Waals surface area contributed by atoms with Gasteiger partial charge in [0.1, 0.15) is 5.82 Å². The van der Waals surface area contributed by atoms with Gasteiger partial charge in [-0.15, -0.1) is 6.10 Å². The maximum absolute atomic E-state index is 14.0. The van der Waals surface area contributed by atoms with E-state index in [1.807, 2.05) is 66.9 Å². The molecule has 0 aliphatic heterocycles. The number of benzene rings is 3. The Morgan fingerprint density at radius 3 is 2.10 bits per heavy atom. The Bertz CT molecular complexity index is 1470. The van der Waals surface area contributed by atoms with Gasteiger partial charge in [-0.05, 0) is 66.3 Å². The second kappa shape index (κ2) is 15.5. The third-order valence-electron chi connectivity index (χ3n) is 6.90. The van der Waals surface area contributed by atoms with E-state index in [0.29, 0.717) is 33.8 Å². The minimum absolute atomic E-state index is 0. The van der Waals surface area contributed by atoms with E-state index in [0.717, 1.165) is 5.56 Å². The van der Waals surface area contributed by atoms with E-state index in [1.165, 1.54) is 12.1 Å². The number of rotatable bonds is 12. The SMILES string of the molecule is CC(C)c1c(C(=O)Nc2ccccc2)c(-c2ccccc2)c(-c2ccc(F)cc2)n1CC[C@@H]([O-])C[C@@H](O)CC(=O)[O-].[Ca+2]. The summed E-state index contributed by atoms with van der Waals surface area (Å²) in [7, 11) is 0. The van der Waals surface area contributed by atoms with E-state index in [4.69, 9.17) is 0 Å². The fraction of sp³-hybridized carbons (Fsp3) is 0.273. The number of aliphatic hydroxyl groups excluding tert-OH is 1. The molecule has 0 bridgehead atoms. The average molecular weight is 597 g/mol. The predicted molar refractivity (Wildman–Crippen MR) is 158 cm³/mol. The van der Waals surface area contributed by atoms with Crippen LogP contribution in [0.5, 0.6) is 0 Å². The first-order chi connectivity index (χ1) is 19.7. The van der Waals surface area contributed by atoms with Crippen LogP contribution in [0.1, 0.15) is 55.1 Å². The second-order valence-corrected chi connectivity index (χ2v) is 10.4. The van der Waals surface area contributed by atoms with Gasteiger partial charge in [0.15, 0.2) is 0 Å². The first kappa shape index (κ1) is 33.5. The van der Waals surface area contributed by atoms with E-state index < -0.39 is 30.4 Å². The molecule has 0 radical (unpaired) electrons. The number of aromatic nitrogens is 1. The third-order valence-corrected chi connectivity index (χ3v) is 6.90. The van der Waals surface area contributed by atoms with Gasteiger partial charge in [0.25, 0.3) is 5.91 Å². The molecule has 0 saturated heterocycles. The number of nitrogens with one attached hydrogen (secondary N) is 1. The van der Waals surface area contributed by atoms with Gasteiger partial charge in [0, 0.05) is 35.9 Å². The molecule has 3 aromatic carbocycles. The van der Waals surface area contributed by atoms with E-state index in [1.54, 1.807) is 24.3 Å². The quantitative estimate of drug-likeness (QED) is 0.240. The van der Waals surface area contributed by atoms with Crippen molar-refractivity contribution in [3.63, 3.8) is 0 Å². The number of carbonyl (C=O) groups excluding carboxylic acids is 2. The van der Waals surface area contributed by atoms with Gasteiger partial charge in [0.05, 0.1) is 17.4 Å². The first-order valence-electron chi connectivity index (χ1n) is 13.6. The van der Waals surface area contributed by atoms with E-state index in [9.17, 15) is 29.3 Å². The summed E-state index contributed by atoms with van der Waals surface area (Å²) < 4.78 is 15.9. The summed E-state index contributed by atoms with van der Waals surface area (Å²) in [4.78, 5) is 24.9. The second-order valence-electron chi connectivity index (χ2n) is 10.4. The predicted octanol–water partition coefficient (Wildman–Crippen LogP) is 3.97. The summed E-state index contributed by atoms with van der Waals surface area (Å²) in [5.41, 5.74) is 4.57. The van der Waals surface area contributed by atoms with E-state index in [2.05, 4.69) is 5.32 Å². The van der Waals surface area contributed by atoms with Crippen molar-refractivity contribution in [3.05, 3.63) is 102 Å². The standard InChI is InChI=1S/C33H34FN2O5.Ca/c1-21(2)31-30(33(41)35-25-11-7-4-8-12-25)29(22-9-5-3-6-10-22)32(23-13-15-24(34)16-14-23)36(31)18-17-26(37)19-27(38)20-28(39)40;/h3-16,21,26-27,38H,17-20H2,1-2H3,(H,35,41)(H,39,40);/q-1;+2/p-1/t26-,27-;/m1./s1. The number of para-hydroxylation sites is 1. The van der Waals surface area contributed by atoms with Crippen molar-refractivity contribution >= 4 is 55.3 Å². The van der Waals surface area contributed by atoms with Crippen LogP contribution in [0, 0.1) is 5.82 Å². The van der Waals surface area contributed by atoms with E-state index in [-0.39, 0.29) is 68.9 Å². The Morgan fingerprint density at radius 1 is 0.929 bits per heavy atom. The molecule has 0 aliphatic rings. The van der Waals surface area contributed by atoms with Gasteiger partial charge in [-0.1, -0.05) is 62.4 Å². The number of amides is 1. The number of carbonyl (C=O) groups is 2. The molecule has 0 saturated carbocycles. The van der Waals surface area contributed by atoms with Crippen molar-refractivity contribution in [1.82, 2.24) is 4.57 Å². The van der Waals surface area contributed by atoms with Crippen LogP contribution in [-0.2, 0) is 11.3 Å². The molecule has 2 atom stereocenters. The molecule has 4 aromatic rings. The summed E-state index contributed by atoms with van der Waals surface area (Å²) in [6.07, 6.45) is -3.34. The molecular formula is C33H33CaFN2O5. The minimum Gasteiger partial charge on any atom is -0.852 e. The zero-order valence-corrected chi connectivity index (χ0v) is 26.0. The number of anilines is 1. The van der Waals surface area contributed by atoms with Crippen LogP contribution in [0.2, 0.25) is 0 Å². The fourth-order valence-electron chi connectivity index (χ4n) is 5.18. The number of carboxylic acids is 1. The summed E-state index contributed by atoms with van der Waals surface area (Å²) in [6, 6.07) is 24.6.